The summed E-state index contributed by atoms with van der Waals surface area (Å²) in [6.07, 6.45) is 3.70. The second-order valence-corrected chi connectivity index (χ2v) is 4.64. The molecule has 0 saturated carbocycles. The fourth-order valence-electron chi connectivity index (χ4n) is 1.94. The van der Waals surface area contributed by atoms with E-state index in [4.69, 9.17) is 4.74 Å². The molecule has 0 aliphatic rings. The summed E-state index contributed by atoms with van der Waals surface area (Å²) in [6, 6.07) is 12.8. The van der Waals surface area contributed by atoms with E-state index in [1.165, 1.54) is 16.7 Å². The lowest BCUT2D eigenvalue weighted by atomic mass is 10.1. The van der Waals surface area contributed by atoms with E-state index in [2.05, 4.69) is 47.6 Å². The number of benzene rings is 1. The van der Waals surface area contributed by atoms with Crippen molar-refractivity contribution >= 4 is 0 Å². The van der Waals surface area contributed by atoms with Crippen LogP contribution < -0.4 is 5.32 Å². The van der Waals surface area contributed by atoms with Crippen LogP contribution in [-0.4, -0.2) is 12.1 Å². The van der Waals surface area contributed by atoms with Crippen LogP contribution in [0.25, 0.3) is 0 Å². The number of nitrogens with one attached hydrogen (secondary N) is 1. The molecule has 19 heavy (non-hydrogen) atoms. The first kappa shape index (κ1) is 13.7. The quantitative estimate of drug-likeness (QED) is 0.862. The molecule has 1 aromatic heterocycles. The average Bonchev–Trinajstić information content (AvgIpc) is 2.47. The minimum atomic E-state index is 0.298. The Bertz CT molecular complexity index is 482. The molecule has 1 heterocycles. The zero-order valence-corrected chi connectivity index (χ0v) is 11.5. The van der Waals surface area contributed by atoms with Gasteiger partial charge in [0.1, 0.15) is 0 Å². The van der Waals surface area contributed by atoms with Gasteiger partial charge in [0.05, 0.1) is 6.61 Å². The highest BCUT2D eigenvalue weighted by molar-refractivity contribution is 5.22. The third-order valence-electron chi connectivity index (χ3n) is 3.13. The van der Waals surface area contributed by atoms with Crippen LogP contribution in [0.3, 0.4) is 0 Å². The molecule has 2 aromatic rings. The van der Waals surface area contributed by atoms with E-state index in [-0.39, 0.29) is 0 Å². The van der Waals surface area contributed by atoms with Crippen molar-refractivity contribution in [3.63, 3.8) is 0 Å². The van der Waals surface area contributed by atoms with Gasteiger partial charge in [0.15, 0.2) is 0 Å². The zero-order chi connectivity index (χ0) is 13.5. The standard InChI is InChI=1S/C16H20N2O/c1-13(16-4-3-9-17-11-16)18-10-14-5-7-15(8-6-14)12-19-2/h3-9,11,13,18H,10,12H2,1-2H3. The van der Waals surface area contributed by atoms with Gasteiger partial charge in [-0.1, -0.05) is 30.3 Å². The molecule has 100 valence electrons. The van der Waals surface area contributed by atoms with Crippen molar-refractivity contribution in [2.75, 3.05) is 7.11 Å². The normalized spacial score (nSPS) is 12.3. The highest BCUT2D eigenvalue weighted by Gasteiger charge is 2.04. The molecule has 0 saturated heterocycles. The van der Waals surface area contributed by atoms with Gasteiger partial charge in [0, 0.05) is 32.1 Å². The van der Waals surface area contributed by atoms with E-state index in [0.717, 1.165) is 6.54 Å². The lowest BCUT2D eigenvalue weighted by Gasteiger charge is -2.14. The number of ether oxygens (including phenoxy) is 1. The molecule has 0 bridgehead atoms. The Morgan fingerprint density at radius 3 is 2.53 bits per heavy atom. The summed E-state index contributed by atoms with van der Waals surface area (Å²) in [5.41, 5.74) is 3.68. The van der Waals surface area contributed by atoms with Crippen molar-refractivity contribution in [1.29, 1.82) is 0 Å². The summed E-state index contributed by atoms with van der Waals surface area (Å²) in [6.45, 7) is 3.67. The van der Waals surface area contributed by atoms with Crippen LogP contribution >= 0.6 is 0 Å². The minimum absolute atomic E-state index is 0.298. The van der Waals surface area contributed by atoms with Crippen LogP contribution in [0.15, 0.2) is 48.8 Å². The summed E-state index contributed by atoms with van der Waals surface area (Å²) in [5.74, 6) is 0. The van der Waals surface area contributed by atoms with Gasteiger partial charge < -0.3 is 10.1 Å². The van der Waals surface area contributed by atoms with Gasteiger partial charge in [-0.3, -0.25) is 4.98 Å². The smallest absolute Gasteiger partial charge is 0.0713 e. The number of pyridine rings is 1. The first-order valence-electron chi connectivity index (χ1n) is 6.49. The third kappa shape index (κ3) is 4.16. The average molecular weight is 256 g/mol. The summed E-state index contributed by atoms with van der Waals surface area (Å²) >= 11 is 0. The number of nitrogens with zero attached hydrogens (tertiary/aromatic N) is 1. The maximum Gasteiger partial charge on any atom is 0.0713 e. The molecular weight excluding hydrogens is 236 g/mol. The Kier molecular flexibility index (Phi) is 5.07. The third-order valence-corrected chi connectivity index (χ3v) is 3.13. The van der Waals surface area contributed by atoms with Gasteiger partial charge >= 0.3 is 0 Å². The van der Waals surface area contributed by atoms with E-state index in [9.17, 15) is 0 Å². The molecule has 0 aliphatic heterocycles. The number of methoxy groups -OCH3 is 1. The van der Waals surface area contributed by atoms with Crippen LogP contribution in [0.5, 0.6) is 0 Å². The van der Waals surface area contributed by atoms with Crippen LogP contribution in [0.4, 0.5) is 0 Å². The van der Waals surface area contributed by atoms with Crippen molar-refractivity contribution in [1.82, 2.24) is 10.3 Å². The Balaban J connectivity index is 1.88. The summed E-state index contributed by atoms with van der Waals surface area (Å²) < 4.78 is 5.10. The highest BCUT2D eigenvalue weighted by atomic mass is 16.5. The first-order chi connectivity index (χ1) is 9.29. The molecule has 1 aromatic carbocycles. The molecule has 1 atom stereocenters. The molecule has 2 rings (SSSR count). The predicted molar refractivity (Wildman–Crippen MR) is 76.6 cm³/mol. The van der Waals surface area contributed by atoms with Crippen LogP contribution in [-0.2, 0) is 17.9 Å². The molecule has 0 aliphatic carbocycles. The maximum atomic E-state index is 5.10. The molecule has 0 radical (unpaired) electrons. The second-order valence-electron chi connectivity index (χ2n) is 4.64. The summed E-state index contributed by atoms with van der Waals surface area (Å²) in [7, 11) is 1.71. The number of hydrogen-bond acceptors (Lipinski definition) is 3. The largest absolute Gasteiger partial charge is 0.380 e. The molecular formula is C16H20N2O. The molecule has 1 unspecified atom stereocenters. The summed E-state index contributed by atoms with van der Waals surface area (Å²) in [5, 5.41) is 3.50. The highest BCUT2D eigenvalue weighted by Crippen LogP contribution is 2.12. The van der Waals surface area contributed by atoms with Crippen LogP contribution in [0.1, 0.15) is 29.7 Å². The fourth-order valence-corrected chi connectivity index (χ4v) is 1.94. The van der Waals surface area contributed by atoms with Crippen molar-refractivity contribution in [3.8, 4) is 0 Å². The lowest BCUT2D eigenvalue weighted by molar-refractivity contribution is 0.185. The van der Waals surface area contributed by atoms with Crippen molar-refractivity contribution in [2.45, 2.75) is 26.1 Å². The molecule has 0 spiro atoms. The maximum absolute atomic E-state index is 5.10. The molecule has 0 amide bonds. The van der Waals surface area contributed by atoms with Crippen LogP contribution in [0, 0.1) is 0 Å². The fraction of sp³-hybridized carbons (Fsp3) is 0.312. The minimum Gasteiger partial charge on any atom is -0.380 e. The Morgan fingerprint density at radius 1 is 1.16 bits per heavy atom. The van der Waals surface area contributed by atoms with Crippen molar-refractivity contribution < 1.29 is 4.74 Å². The van der Waals surface area contributed by atoms with Gasteiger partial charge in [0.2, 0.25) is 0 Å². The van der Waals surface area contributed by atoms with Crippen molar-refractivity contribution in [3.05, 3.63) is 65.5 Å². The number of rotatable bonds is 6. The molecule has 0 fully saturated rings. The van der Waals surface area contributed by atoms with Crippen molar-refractivity contribution in [2.24, 2.45) is 0 Å². The van der Waals surface area contributed by atoms with Gasteiger partial charge in [-0.25, -0.2) is 0 Å². The van der Waals surface area contributed by atoms with Gasteiger partial charge in [-0.2, -0.15) is 0 Å². The first-order valence-corrected chi connectivity index (χ1v) is 6.49. The van der Waals surface area contributed by atoms with E-state index in [1.807, 2.05) is 12.3 Å². The van der Waals surface area contributed by atoms with E-state index in [1.54, 1.807) is 13.3 Å². The van der Waals surface area contributed by atoms with Gasteiger partial charge in [-0.15, -0.1) is 0 Å². The topological polar surface area (TPSA) is 34.1 Å². The Morgan fingerprint density at radius 2 is 1.89 bits per heavy atom. The van der Waals surface area contributed by atoms with E-state index < -0.39 is 0 Å². The Labute approximate surface area is 114 Å². The zero-order valence-electron chi connectivity index (χ0n) is 11.5. The van der Waals surface area contributed by atoms with Gasteiger partial charge in [0.25, 0.3) is 0 Å². The monoisotopic (exact) mass is 256 g/mol. The molecule has 3 heteroatoms. The Hall–Kier alpha value is -1.71. The number of hydrogen-bond donors (Lipinski definition) is 1. The number of aromatic nitrogens is 1. The van der Waals surface area contributed by atoms with E-state index in [0.29, 0.717) is 12.6 Å². The second kappa shape index (κ2) is 7.02. The van der Waals surface area contributed by atoms with Crippen LogP contribution in [0.2, 0.25) is 0 Å². The molecule has 3 nitrogen and oxygen atoms in total. The lowest BCUT2D eigenvalue weighted by Crippen LogP contribution is -2.18. The predicted octanol–water partition coefficient (Wildman–Crippen LogP) is 3.08. The summed E-state index contributed by atoms with van der Waals surface area (Å²) in [4.78, 5) is 4.14. The SMILES string of the molecule is COCc1ccc(CNC(C)c2cccnc2)cc1. The molecule has 1 N–H and O–H groups in total. The van der Waals surface area contributed by atoms with Gasteiger partial charge in [-0.05, 0) is 29.7 Å². The van der Waals surface area contributed by atoms with E-state index >= 15 is 0 Å².